The third-order valence-electron chi connectivity index (χ3n) is 5.71. The maximum absolute atomic E-state index is 14.5. The Labute approximate surface area is 181 Å². The first-order chi connectivity index (χ1) is 14.6. The van der Waals surface area contributed by atoms with Gasteiger partial charge in [0.15, 0.2) is 0 Å². The molecule has 1 aliphatic rings. The number of aromatic nitrogens is 2. The fourth-order valence-electron chi connectivity index (χ4n) is 4.33. The summed E-state index contributed by atoms with van der Waals surface area (Å²) in [6, 6.07) is 3.32. The highest BCUT2D eigenvalue weighted by Gasteiger charge is 2.35. The molecule has 1 saturated heterocycles. The van der Waals surface area contributed by atoms with Crippen molar-refractivity contribution in [3.63, 3.8) is 0 Å². The Morgan fingerprint density at radius 2 is 2.03 bits per heavy atom. The van der Waals surface area contributed by atoms with Gasteiger partial charge in [0.05, 0.1) is 30.4 Å². The Hall–Kier alpha value is -2.52. The van der Waals surface area contributed by atoms with Crippen molar-refractivity contribution in [3.05, 3.63) is 29.7 Å². The number of methoxy groups -OCH3 is 1. The molecular weight excluding hydrogens is 403 g/mol. The van der Waals surface area contributed by atoms with Gasteiger partial charge in [-0.25, -0.2) is 14.2 Å². The Bertz CT molecular complexity index is 926. The highest BCUT2D eigenvalue weighted by atomic mass is 19.1. The van der Waals surface area contributed by atoms with Crippen LogP contribution in [-0.2, 0) is 6.42 Å². The highest BCUT2D eigenvalue weighted by Crippen LogP contribution is 2.26. The molecule has 0 saturated carbocycles. The number of carboxylic acid groups (broad SMARTS) is 1. The minimum absolute atomic E-state index is 0.0517. The Morgan fingerprint density at radius 3 is 2.61 bits per heavy atom. The molecule has 9 heteroatoms. The van der Waals surface area contributed by atoms with E-state index in [1.54, 1.807) is 12.1 Å². The smallest absolute Gasteiger partial charge is 0.407 e. The first-order valence-corrected chi connectivity index (χ1v) is 10.5. The third-order valence-corrected chi connectivity index (χ3v) is 5.71. The molecule has 3 heterocycles. The molecular formula is C22H31FN4O4. The molecule has 170 valence electrons. The van der Waals surface area contributed by atoms with Gasteiger partial charge in [-0.05, 0) is 39.7 Å². The number of aliphatic hydroxyl groups excluding tert-OH is 1. The number of likely N-dealkylation sites (tertiary alicyclic amines) is 1. The number of amides is 1. The number of nitrogens with zero attached hydrogens (tertiary/aromatic N) is 4. The number of halogens is 1. The van der Waals surface area contributed by atoms with Crippen LogP contribution in [0.15, 0.2) is 18.3 Å². The molecule has 1 amide bonds. The normalized spacial score (nSPS) is 17.0. The lowest BCUT2D eigenvalue weighted by Crippen LogP contribution is -2.55. The lowest BCUT2D eigenvalue weighted by Gasteiger charge is -2.43. The summed E-state index contributed by atoms with van der Waals surface area (Å²) < 4.78 is 19.6. The molecule has 2 aromatic rings. The van der Waals surface area contributed by atoms with E-state index >= 15 is 0 Å². The molecule has 2 N–H and O–H groups in total. The zero-order valence-corrected chi connectivity index (χ0v) is 18.5. The number of fused-ring (bicyclic) bond motifs is 1. The molecule has 0 bridgehead atoms. The quantitative estimate of drug-likeness (QED) is 0.721. The second-order valence-electron chi connectivity index (χ2n) is 9.02. The number of hydrogen-bond donors (Lipinski definition) is 2. The molecule has 2 aromatic heterocycles. The topological polar surface area (TPSA) is 99.0 Å². The number of piperidine rings is 1. The van der Waals surface area contributed by atoms with Gasteiger partial charge in [0.2, 0.25) is 5.88 Å². The molecule has 8 nitrogen and oxygen atoms in total. The molecule has 1 fully saturated rings. The largest absolute Gasteiger partial charge is 0.481 e. The van der Waals surface area contributed by atoms with Crippen LogP contribution in [0.25, 0.3) is 11.0 Å². The molecule has 3 rings (SSSR count). The van der Waals surface area contributed by atoms with Gasteiger partial charge in [-0.2, -0.15) is 0 Å². The number of carbonyl (C=O) groups is 1. The van der Waals surface area contributed by atoms with Gasteiger partial charge in [-0.15, -0.1) is 0 Å². The minimum atomic E-state index is -0.908. The molecule has 1 aliphatic heterocycles. The number of β-amino-alcohol motifs (C(OH)–C–C–N with tert-alkyl or cyclic N) is 1. The standard InChI is InChI=1S/C22H31FN4O4/c1-22(2,3)27(21(29)30)14-7-9-26(10-8-14)13-15(28)11-16-17(23)12-24-18-5-6-19(31-4)25-20(16)18/h5-6,12,14-15,28H,7-11,13H2,1-4H3,(H,29,30)/t15-/m0/s1. The van der Waals surface area contributed by atoms with Gasteiger partial charge in [-0.3, -0.25) is 4.98 Å². The molecule has 1 atom stereocenters. The summed E-state index contributed by atoms with van der Waals surface area (Å²) in [5.74, 6) is -0.146. The number of rotatable bonds is 6. The van der Waals surface area contributed by atoms with Crippen LogP contribution in [-0.4, -0.2) is 80.5 Å². The van der Waals surface area contributed by atoms with Crippen LogP contribution < -0.4 is 4.74 Å². The van der Waals surface area contributed by atoms with Crippen LogP contribution >= 0.6 is 0 Å². The predicted molar refractivity (Wildman–Crippen MR) is 115 cm³/mol. The summed E-state index contributed by atoms with van der Waals surface area (Å²) in [6.07, 6.45) is 0.950. The molecule has 0 aromatic carbocycles. The van der Waals surface area contributed by atoms with Crippen LogP contribution in [0.5, 0.6) is 5.88 Å². The first-order valence-electron chi connectivity index (χ1n) is 10.5. The van der Waals surface area contributed by atoms with E-state index in [4.69, 9.17) is 4.74 Å². The molecule has 0 aliphatic carbocycles. The summed E-state index contributed by atoms with van der Waals surface area (Å²) in [6.45, 7) is 7.42. The minimum Gasteiger partial charge on any atom is -0.481 e. The van der Waals surface area contributed by atoms with E-state index in [2.05, 4.69) is 14.9 Å². The molecule has 0 radical (unpaired) electrons. The zero-order chi connectivity index (χ0) is 22.8. The number of pyridine rings is 2. The predicted octanol–water partition coefficient (Wildman–Crippen LogP) is 2.92. The Kier molecular flexibility index (Phi) is 6.96. The molecule has 31 heavy (non-hydrogen) atoms. The summed E-state index contributed by atoms with van der Waals surface area (Å²) >= 11 is 0. The van der Waals surface area contributed by atoms with Crippen molar-refractivity contribution >= 4 is 17.1 Å². The second-order valence-corrected chi connectivity index (χ2v) is 9.02. The number of hydrogen-bond acceptors (Lipinski definition) is 6. The zero-order valence-electron chi connectivity index (χ0n) is 18.5. The Morgan fingerprint density at radius 1 is 1.35 bits per heavy atom. The van der Waals surface area contributed by atoms with Crippen LogP contribution in [0.4, 0.5) is 9.18 Å². The summed E-state index contributed by atoms with van der Waals surface area (Å²) in [4.78, 5) is 23.7. The molecule has 0 unspecified atom stereocenters. The van der Waals surface area contributed by atoms with E-state index in [0.29, 0.717) is 55.0 Å². The van der Waals surface area contributed by atoms with E-state index in [0.717, 1.165) is 6.20 Å². The SMILES string of the molecule is COc1ccc2ncc(F)c(C[C@H](O)CN3CCC(N(C(=O)O)C(C)(C)C)CC3)c2n1. The van der Waals surface area contributed by atoms with Gasteiger partial charge in [0.1, 0.15) is 5.82 Å². The lowest BCUT2D eigenvalue weighted by molar-refractivity contribution is 0.0309. The van der Waals surface area contributed by atoms with E-state index in [9.17, 15) is 19.4 Å². The monoisotopic (exact) mass is 434 g/mol. The number of aliphatic hydroxyl groups is 1. The maximum atomic E-state index is 14.5. The van der Waals surface area contributed by atoms with Crippen molar-refractivity contribution < 1.29 is 24.1 Å². The van der Waals surface area contributed by atoms with Crippen molar-refractivity contribution in [2.24, 2.45) is 0 Å². The average molecular weight is 435 g/mol. The highest BCUT2D eigenvalue weighted by molar-refractivity contribution is 5.78. The van der Waals surface area contributed by atoms with Crippen LogP contribution in [0.3, 0.4) is 0 Å². The second kappa shape index (κ2) is 9.32. The Balaban J connectivity index is 1.64. The fraction of sp³-hybridized carbons (Fsp3) is 0.591. The first kappa shape index (κ1) is 23.1. The van der Waals surface area contributed by atoms with E-state index in [1.807, 2.05) is 20.8 Å². The van der Waals surface area contributed by atoms with Crippen molar-refractivity contribution in [2.45, 2.75) is 57.7 Å². The summed E-state index contributed by atoms with van der Waals surface area (Å²) in [7, 11) is 1.49. The van der Waals surface area contributed by atoms with E-state index in [1.165, 1.54) is 12.0 Å². The van der Waals surface area contributed by atoms with E-state index < -0.39 is 23.6 Å². The maximum Gasteiger partial charge on any atom is 0.407 e. The molecule has 0 spiro atoms. The van der Waals surface area contributed by atoms with Gasteiger partial charge >= 0.3 is 6.09 Å². The average Bonchev–Trinajstić information content (AvgIpc) is 2.70. The summed E-state index contributed by atoms with van der Waals surface area (Å²) in [5, 5.41) is 20.3. The number of ether oxygens (including phenoxy) is 1. The van der Waals surface area contributed by atoms with E-state index in [-0.39, 0.29) is 12.5 Å². The van der Waals surface area contributed by atoms with Crippen LogP contribution in [0.1, 0.15) is 39.2 Å². The van der Waals surface area contributed by atoms with Gasteiger partial charge in [-0.1, -0.05) is 0 Å². The van der Waals surface area contributed by atoms with Crippen molar-refractivity contribution in [1.82, 2.24) is 19.8 Å². The van der Waals surface area contributed by atoms with Crippen molar-refractivity contribution in [1.29, 1.82) is 0 Å². The van der Waals surface area contributed by atoms with Gasteiger partial charge in [0, 0.05) is 49.3 Å². The van der Waals surface area contributed by atoms with Crippen LogP contribution in [0.2, 0.25) is 0 Å². The van der Waals surface area contributed by atoms with Crippen LogP contribution in [0, 0.1) is 5.82 Å². The lowest BCUT2D eigenvalue weighted by atomic mass is 9.96. The van der Waals surface area contributed by atoms with Gasteiger partial charge in [0.25, 0.3) is 0 Å². The fourth-order valence-corrected chi connectivity index (χ4v) is 4.33. The van der Waals surface area contributed by atoms with Gasteiger partial charge < -0.3 is 24.7 Å². The third kappa shape index (κ3) is 5.40. The summed E-state index contributed by atoms with van der Waals surface area (Å²) in [5.41, 5.74) is 0.781. The van der Waals surface area contributed by atoms with Crippen molar-refractivity contribution in [3.8, 4) is 5.88 Å². The van der Waals surface area contributed by atoms with Crippen molar-refractivity contribution in [2.75, 3.05) is 26.7 Å².